The van der Waals surface area contributed by atoms with Gasteiger partial charge in [-0.1, -0.05) is 18.2 Å². The van der Waals surface area contributed by atoms with Crippen LogP contribution in [0.15, 0.2) is 18.2 Å². The number of rotatable bonds is 0. The second kappa shape index (κ2) is 3.33. The van der Waals surface area contributed by atoms with E-state index in [0.29, 0.717) is 0 Å². The van der Waals surface area contributed by atoms with Crippen LogP contribution in [0.3, 0.4) is 0 Å². The molecule has 1 aromatic carbocycles. The van der Waals surface area contributed by atoms with Crippen LogP contribution >= 0.6 is 0 Å². The van der Waals surface area contributed by atoms with E-state index in [4.69, 9.17) is 4.79 Å². The zero-order valence-corrected chi connectivity index (χ0v) is 7.99. The van der Waals surface area contributed by atoms with Gasteiger partial charge in [-0.05, 0) is 36.0 Å². The minimum absolute atomic E-state index is 0.833. The van der Waals surface area contributed by atoms with Gasteiger partial charge < -0.3 is 11.5 Å². The van der Waals surface area contributed by atoms with Gasteiger partial charge in [0.05, 0.1) is 0 Å². The van der Waals surface area contributed by atoms with Gasteiger partial charge in [0.25, 0.3) is 0 Å². The zero-order chi connectivity index (χ0) is 10.1. The van der Waals surface area contributed by atoms with Crippen LogP contribution in [0.2, 0.25) is 0 Å². The average molecular weight is 190 g/mol. The summed E-state index contributed by atoms with van der Waals surface area (Å²) < 4.78 is 0. The van der Waals surface area contributed by atoms with E-state index in [-0.39, 0.29) is 0 Å². The Morgan fingerprint density at radius 2 is 2.07 bits per heavy atom. The predicted molar refractivity (Wildman–Crippen MR) is 55.0 cm³/mol. The summed E-state index contributed by atoms with van der Waals surface area (Å²) in [6.45, 7) is 0. The molecule has 3 heteroatoms. The first-order valence-corrected chi connectivity index (χ1v) is 4.86. The number of hydrogen-bond acceptors (Lipinski definition) is 1. The van der Waals surface area contributed by atoms with Crippen LogP contribution in [-0.4, -0.2) is 6.03 Å². The van der Waals surface area contributed by atoms with E-state index in [1.165, 1.54) is 19.3 Å². The highest BCUT2D eigenvalue weighted by atomic mass is 16.2. The fourth-order valence-corrected chi connectivity index (χ4v) is 2.28. The highest BCUT2D eigenvalue weighted by Crippen LogP contribution is 2.51. The zero-order valence-electron chi connectivity index (χ0n) is 7.99. The molecule has 0 fully saturated rings. The molecular weight excluding hydrogens is 176 g/mol. The monoisotopic (exact) mass is 190 g/mol. The molecule has 2 aliphatic rings. The summed E-state index contributed by atoms with van der Waals surface area (Å²) in [5.74, 6) is 0.902. The van der Waals surface area contributed by atoms with Gasteiger partial charge in [0.15, 0.2) is 0 Å². The van der Waals surface area contributed by atoms with E-state index in [0.717, 1.165) is 5.92 Å². The lowest BCUT2D eigenvalue weighted by Gasteiger charge is -2.05. The molecule has 0 saturated carbocycles. The number of amides is 2. The highest BCUT2D eigenvalue weighted by Gasteiger charge is 2.36. The summed E-state index contributed by atoms with van der Waals surface area (Å²) in [6.07, 6.45) is 4.16. The summed E-state index contributed by atoms with van der Waals surface area (Å²) in [4.78, 5) is 9.00. The molecule has 14 heavy (non-hydrogen) atoms. The molecule has 1 unspecified atom stereocenters. The topological polar surface area (TPSA) is 69.1 Å². The molecule has 4 N–H and O–H groups in total. The fraction of sp³-hybridized carbons (Fsp3) is 0.364. The molecule has 0 aliphatic heterocycles. The Hall–Kier alpha value is -1.51. The molecule has 0 bridgehead atoms. The lowest BCUT2D eigenvalue weighted by atomic mass is 10.00. The van der Waals surface area contributed by atoms with Gasteiger partial charge in [0, 0.05) is 5.92 Å². The first-order chi connectivity index (χ1) is 6.70. The number of hydrogen-bond donors (Lipinski definition) is 2. The van der Waals surface area contributed by atoms with Gasteiger partial charge in [-0.15, -0.1) is 0 Å². The van der Waals surface area contributed by atoms with E-state index < -0.39 is 6.03 Å². The number of nitrogens with two attached hydrogens (primary N) is 2. The van der Waals surface area contributed by atoms with Crippen molar-refractivity contribution in [3.8, 4) is 0 Å². The minimum atomic E-state index is -0.833. The first-order valence-electron chi connectivity index (χ1n) is 4.86. The smallest absolute Gasteiger partial charge is 0.309 e. The molecule has 0 heterocycles. The number of benzene rings is 1. The van der Waals surface area contributed by atoms with Crippen LogP contribution in [-0.2, 0) is 6.42 Å². The Labute approximate surface area is 83.1 Å². The first kappa shape index (κ1) is 9.06. The van der Waals surface area contributed by atoms with E-state index in [9.17, 15) is 0 Å². The summed E-state index contributed by atoms with van der Waals surface area (Å²) in [5, 5.41) is 0. The number of urea groups is 1. The van der Waals surface area contributed by atoms with Crippen molar-refractivity contribution in [2.45, 2.75) is 25.2 Å². The van der Waals surface area contributed by atoms with Crippen molar-refractivity contribution in [1.29, 1.82) is 0 Å². The van der Waals surface area contributed by atoms with Crippen LogP contribution in [0.4, 0.5) is 4.79 Å². The quantitative estimate of drug-likeness (QED) is 0.639. The minimum Gasteiger partial charge on any atom is -0.352 e. The lowest BCUT2D eigenvalue weighted by molar-refractivity contribution is 0.256. The van der Waals surface area contributed by atoms with Crippen molar-refractivity contribution in [3.05, 3.63) is 34.9 Å². The molecule has 0 saturated heterocycles. The van der Waals surface area contributed by atoms with E-state index in [1.54, 1.807) is 16.7 Å². The van der Waals surface area contributed by atoms with Crippen LogP contribution in [0.25, 0.3) is 0 Å². The normalized spacial score (nSPS) is 20.1. The van der Waals surface area contributed by atoms with Crippen molar-refractivity contribution < 1.29 is 4.79 Å². The summed E-state index contributed by atoms with van der Waals surface area (Å²) in [6, 6.07) is 5.95. The van der Waals surface area contributed by atoms with Crippen LogP contribution in [0, 0.1) is 0 Å². The highest BCUT2D eigenvalue weighted by molar-refractivity contribution is 5.69. The number of carbonyl (C=O) groups is 1. The molecule has 2 aliphatic carbocycles. The predicted octanol–water partition coefficient (Wildman–Crippen LogP) is 1.49. The van der Waals surface area contributed by atoms with E-state index in [2.05, 4.69) is 29.7 Å². The number of fused-ring (bicyclic) bond motifs is 1. The fourth-order valence-electron chi connectivity index (χ4n) is 2.28. The molecule has 0 aromatic heterocycles. The van der Waals surface area contributed by atoms with Crippen molar-refractivity contribution in [2.75, 3.05) is 0 Å². The maximum atomic E-state index is 9.00. The molecule has 0 spiro atoms. The second-order valence-electron chi connectivity index (χ2n) is 3.77. The Balaban J connectivity index is 0.000000165. The van der Waals surface area contributed by atoms with Gasteiger partial charge >= 0.3 is 6.03 Å². The molecule has 1 atom stereocenters. The van der Waals surface area contributed by atoms with Crippen molar-refractivity contribution in [1.82, 2.24) is 0 Å². The molecular formula is C11H14N2O. The van der Waals surface area contributed by atoms with Crippen molar-refractivity contribution in [2.24, 2.45) is 11.5 Å². The van der Waals surface area contributed by atoms with Gasteiger partial charge in [-0.2, -0.15) is 0 Å². The molecule has 1 aromatic rings. The van der Waals surface area contributed by atoms with Gasteiger partial charge in [0.2, 0.25) is 0 Å². The number of carbonyl (C=O) groups excluding carboxylic acids is 1. The van der Waals surface area contributed by atoms with E-state index >= 15 is 0 Å². The Bertz CT molecular complexity index is 370. The van der Waals surface area contributed by atoms with Gasteiger partial charge in [0.1, 0.15) is 0 Å². The van der Waals surface area contributed by atoms with Crippen LogP contribution in [0.5, 0.6) is 0 Å². The Kier molecular flexibility index (Phi) is 2.15. The van der Waals surface area contributed by atoms with E-state index in [1.807, 2.05) is 0 Å². The summed E-state index contributed by atoms with van der Waals surface area (Å²) in [5.41, 5.74) is 13.5. The average Bonchev–Trinajstić information content (AvgIpc) is 2.82. The van der Waals surface area contributed by atoms with Crippen LogP contribution < -0.4 is 11.5 Å². The lowest BCUT2D eigenvalue weighted by Crippen LogP contribution is -2.18. The van der Waals surface area contributed by atoms with Gasteiger partial charge in [-0.25, -0.2) is 4.79 Å². The number of aryl methyl sites for hydroxylation is 1. The summed E-state index contributed by atoms with van der Waals surface area (Å²) >= 11 is 0. The summed E-state index contributed by atoms with van der Waals surface area (Å²) in [7, 11) is 0. The number of primary amides is 2. The van der Waals surface area contributed by atoms with Crippen LogP contribution in [0.1, 0.15) is 35.4 Å². The third kappa shape index (κ3) is 1.58. The SMILES string of the molecule is NC(N)=O.c1cc2c3c(c1)C3CCC2. The second-order valence-corrected chi connectivity index (χ2v) is 3.77. The van der Waals surface area contributed by atoms with Crippen molar-refractivity contribution in [3.63, 3.8) is 0 Å². The maximum Gasteiger partial charge on any atom is 0.309 e. The van der Waals surface area contributed by atoms with Gasteiger partial charge in [-0.3, -0.25) is 0 Å². The third-order valence-electron chi connectivity index (χ3n) is 2.81. The Morgan fingerprint density at radius 3 is 2.71 bits per heavy atom. The standard InChI is InChI=1S/C10H10.CH4N2O/c1-3-7-4-2-6-9-8(5-1)10(7)9;2-1(3)4/h1,3,5,9H,2,4,6H2;(H4,2,3,4). The maximum absolute atomic E-state index is 9.00. The Morgan fingerprint density at radius 1 is 1.36 bits per heavy atom. The largest absolute Gasteiger partial charge is 0.352 e. The van der Waals surface area contributed by atoms with Crippen molar-refractivity contribution >= 4 is 6.03 Å². The third-order valence-corrected chi connectivity index (χ3v) is 2.81. The molecule has 2 amide bonds. The molecule has 3 nitrogen and oxygen atoms in total. The molecule has 3 rings (SSSR count). The molecule has 74 valence electrons. The molecule has 0 radical (unpaired) electrons.